The van der Waals surface area contributed by atoms with Crippen LogP contribution in [0.3, 0.4) is 0 Å². The first kappa shape index (κ1) is 14.8. The molecule has 0 bridgehead atoms. The highest BCUT2D eigenvalue weighted by atomic mass is 79.9. The summed E-state index contributed by atoms with van der Waals surface area (Å²) in [6.07, 6.45) is 0. The van der Waals surface area contributed by atoms with Gasteiger partial charge in [0.25, 0.3) is 5.91 Å². The predicted octanol–water partition coefficient (Wildman–Crippen LogP) is 5.47. The van der Waals surface area contributed by atoms with E-state index in [0.717, 1.165) is 32.1 Å². The molecule has 0 spiro atoms. The van der Waals surface area contributed by atoms with Crippen molar-refractivity contribution in [1.82, 2.24) is 0 Å². The van der Waals surface area contributed by atoms with Crippen molar-refractivity contribution in [2.24, 2.45) is 0 Å². The lowest BCUT2D eigenvalue weighted by molar-refractivity contribution is 0.102. The van der Waals surface area contributed by atoms with E-state index in [9.17, 15) is 4.79 Å². The summed E-state index contributed by atoms with van der Waals surface area (Å²) in [7, 11) is 0. The Morgan fingerprint density at radius 3 is 2.41 bits per heavy atom. The van der Waals surface area contributed by atoms with E-state index in [-0.39, 0.29) is 5.91 Å². The van der Waals surface area contributed by atoms with Crippen molar-refractivity contribution in [3.8, 4) is 0 Å². The van der Waals surface area contributed by atoms with Crippen LogP contribution in [0.4, 0.5) is 5.69 Å². The largest absolute Gasteiger partial charge is 0.321 e. The zero-order chi connectivity index (χ0) is 15.7. The Morgan fingerprint density at radius 1 is 0.955 bits per heavy atom. The van der Waals surface area contributed by atoms with Crippen molar-refractivity contribution in [1.29, 1.82) is 0 Å². The molecule has 0 aliphatic rings. The van der Waals surface area contributed by atoms with E-state index < -0.39 is 0 Å². The first-order valence-corrected chi connectivity index (χ1v) is 7.90. The van der Waals surface area contributed by atoms with Crippen molar-refractivity contribution in [3.05, 3.63) is 75.8 Å². The number of carbonyl (C=O) groups excluding carboxylic acids is 1. The smallest absolute Gasteiger partial charge is 0.255 e. The molecule has 0 unspecified atom stereocenters. The molecule has 110 valence electrons. The van der Waals surface area contributed by atoms with Gasteiger partial charge in [0.2, 0.25) is 0 Å². The van der Waals surface area contributed by atoms with Crippen molar-refractivity contribution in [2.45, 2.75) is 13.8 Å². The van der Waals surface area contributed by atoms with Crippen molar-refractivity contribution in [3.63, 3.8) is 0 Å². The minimum absolute atomic E-state index is 0.0813. The highest BCUT2D eigenvalue weighted by molar-refractivity contribution is 9.10. The summed E-state index contributed by atoms with van der Waals surface area (Å²) in [5.74, 6) is -0.0813. The fourth-order valence-corrected chi connectivity index (χ4v) is 3.04. The topological polar surface area (TPSA) is 29.1 Å². The first-order valence-electron chi connectivity index (χ1n) is 7.11. The second kappa shape index (κ2) is 5.93. The third-order valence-corrected chi connectivity index (χ3v) is 4.07. The number of fused-ring (bicyclic) bond motifs is 1. The second-order valence-electron chi connectivity index (χ2n) is 5.50. The highest BCUT2D eigenvalue weighted by Crippen LogP contribution is 2.26. The Balaban J connectivity index is 1.97. The number of halogens is 1. The van der Waals surface area contributed by atoms with Gasteiger partial charge in [0, 0.05) is 21.1 Å². The number of nitrogens with one attached hydrogen (secondary N) is 1. The second-order valence-corrected chi connectivity index (χ2v) is 6.42. The van der Waals surface area contributed by atoms with E-state index in [2.05, 4.69) is 27.3 Å². The molecule has 0 heterocycles. The summed E-state index contributed by atoms with van der Waals surface area (Å²) in [6.45, 7) is 4.00. The number of aryl methyl sites for hydroxylation is 2. The number of carbonyl (C=O) groups is 1. The molecule has 0 aliphatic heterocycles. The minimum atomic E-state index is -0.0813. The molecular weight excluding hydrogens is 338 g/mol. The van der Waals surface area contributed by atoms with Gasteiger partial charge in [-0.25, -0.2) is 0 Å². The van der Waals surface area contributed by atoms with Crippen LogP contribution >= 0.6 is 15.9 Å². The van der Waals surface area contributed by atoms with Crippen LogP contribution in [0.5, 0.6) is 0 Å². The summed E-state index contributed by atoms with van der Waals surface area (Å²) in [6, 6.07) is 17.8. The van der Waals surface area contributed by atoms with E-state index in [1.807, 2.05) is 62.4 Å². The number of hydrogen-bond acceptors (Lipinski definition) is 1. The molecule has 0 fully saturated rings. The molecule has 0 radical (unpaired) electrons. The average molecular weight is 354 g/mol. The van der Waals surface area contributed by atoms with Gasteiger partial charge in [-0.2, -0.15) is 0 Å². The van der Waals surface area contributed by atoms with Gasteiger partial charge in [0.15, 0.2) is 0 Å². The van der Waals surface area contributed by atoms with Crippen LogP contribution in [0.1, 0.15) is 21.5 Å². The van der Waals surface area contributed by atoms with E-state index in [1.165, 1.54) is 0 Å². The number of benzene rings is 3. The zero-order valence-corrected chi connectivity index (χ0v) is 14.1. The summed E-state index contributed by atoms with van der Waals surface area (Å²) in [4.78, 5) is 12.5. The van der Waals surface area contributed by atoms with Crippen LogP contribution in [0.2, 0.25) is 0 Å². The maximum atomic E-state index is 12.5. The van der Waals surface area contributed by atoms with Crippen LogP contribution in [-0.2, 0) is 0 Å². The maximum Gasteiger partial charge on any atom is 0.255 e. The third-order valence-electron chi connectivity index (χ3n) is 3.57. The summed E-state index contributed by atoms with van der Waals surface area (Å²) in [5, 5.41) is 5.14. The van der Waals surface area contributed by atoms with Gasteiger partial charge in [0.05, 0.1) is 0 Å². The van der Waals surface area contributed by atoms with Gasteiger partial charge in [-0.1, -0.05) is 51.3 Å². The summed E-state index contributed by atoms with van der Waals surface area (Å²) >= 11 is 3.47. The number of rotatable bonds is 2. The molecule has 0 aromatic heterocycles. The molecule has 0 saturated heterocycles. The predicted molar refractivity (Wildman–Crippen MR) is 95.5 cm³/mol. The molecule has 1 amide bonds. The van der Waals surface area contributed by atoms with Crippen LogP contribution in [-0.4, -0.2) is 5.91 Å². The molecule has 0 aliphatic carbocycles. The Morgan fingerprint density at radius 2 is 1.68 bits per heavy atom. The van der Waals surface area contributed by atoms with Crippen LogP contribution in [0.25, 0.3) is 10.8 Å². The number of anilines is 1. The maximum absolute atomic E-state index is 12.5. The molecule has 2 nitrogen and oxygen atoms in total. The molecule has 1 N–H and O–H groups in total. The van der Waals surface area contributed by atoms with Crippen LogP contribution < -0.4 is 5.32 Å². The lowest BCUT2D eigenvalue weighted by atomic mass is 10.1. The summed E-state index contributed by atoms with van der Waals surface area (Å²) < 4.78 is 1.03. The Kier molecular flexibility index (Phi) is 3.99. The number of hydrogen-bond donors (Lipinski definition) is 1. The fraction of sp³-hybridized carbons (Fsp3) is 0.105. The van der Waals surface area contributed by atoms with E-state index >= 15 is 0 Å². The van der Waals surface area contributed by atoms with Gasteiger partial charge in [0.1, 0.15) is 0 Å². The fourth-order valence-electron chi connectivity index (χ4n) is 2.66. The molecule has 3 heteroatoms. The average Bonchev–Trinajstić information content (AvgIpc) is 2.46. The van der Waals surface area contributed by atoms with Gasteiger partial charge in [-0.05, 0) is 49.6 Å². The standard InChI is InChI=1S/C19H16BrNO/c1-12-8-13(2)10-15(9-12)19(22)21-18-5-3-4-14-11-16(20)6-7-17(14)18/h3-11H,1-2H3,(H,21,22). The minimum Gasteiger partial charge on any atom is -0.321 e. The van der Waals surface area contributed by atoms with Crippen LogP contribution in [0.15, 0.2) is 59.1 Å². The quantitative estimate of drug-likeness (QED) is 0.649. The van der Waals surface area contributed by atoms with Gasteiger partial charge < -0.3 is 5.32 Å². The molecule has 0 atom stereocenters. The van der Waals surface area contributed by atoms with Gasteiger partial charge >= 0.3 is 0 Å². The molecule has 3 rings (SSSR count). The Hall–Kier alpha value is -2.13. The normalized spacial score (nSPS) is 10.7. The molecule has 0 saturated carbocycles. The van der Waals surface area contributed by atoms with Gasteiger partial charge in [-0.15, -0.1) is 0 Å². The van der Waals surface area contributed by atoms with E-state index in [4.69, 9.17) is 0 Å². The Bertz CT molecular complexity index is 850. The molecular formula is C19H16BrNO. The molecule has 22 heavy (non-hydrogen) atoms. The summed E-state index contributed by atoms with van der Waals surface area (Å²) in [5.41, 5.74) is 3.69. The van der Waals surface area contributed by atoms with Crippen LogP contribution in [0, 0.1) is 13.8 Å². The lowest BCUT2D eigenvalue weighted by Crippen LogP contribution is -2.12. The lowest BCUT2D eigenvalue weighted by Gasteiger charge is -2.10. The Labute approximate surface area is 138 Å². The van der Waals surface area contributed by atoms with Crippen molar-refractivity contribution in [2.75, 3.05) is 5.32 Å². The van der Waals surface area contributed by atoms with Gasteiger partial charge in [-0.3, -0.25) is 4.79 Å². The zero-order valence-electron chi connectivity index (χ0n) is 12.5. The van der Waals surface area contributed by atoms with Crippen molar-refractivity contribution < 1.29 is 4.79 Å². The molecule has 3 aromatic carbocycles. The third kappa shape index (κ3) is 3.04. The first-order chi connectivity index (χ1) is 10.5. The molecule has 3 aromatic rings. The number of amides is 1. The van der Waals surface area contributed by atoms with E-state index in [0.29, 0.717) is 5.56 Å². The van der Waals surface area contributed by atoms with E-state index in [1.54, 1.807) is 0 Å². The SMILES string of the molecule is Cc1cc(C)cc(C(=O)Nc2cccc3cc(Br)ccc23)c1. The highest BCUT2D eigenvalue weighted by Gasteiger charge is 2.09. The van der Waals surface area contributed by atoms with Crippen molar-refractivity contribution >= 4 is 38.3 Å². The monoisotopic (exact) mass is 353 g/mol.